The fourth-order valence-corrected chi connectivity index (χ4v) is 2.13. The van der Waals surface area contributed by atoms with Crippen LogP contribution in [0.1, 0.15) is 25.6 Å². The molecule has 2 N–H and O–H groups in total. The van der Waals surface area contributed by atoms with E-state index in [1.165, 1.54) is 4.90 Å². The van der Waals surface area contributed by atoms with Gasteiger partial charge in [0.15, 0.2) is 5.82 Å². The monoisotopic (exact) mass is 379 g/mol. The quantitative estimate of drug-likeness (QED) is 0.859. The minimum absolute atomic E-state index is 0. The highest BCUT2D eigenvalue weighted by molar-refractivity contribution is 5.85. The lowest BCUT2D eigenvalue weighted by Gasteiger charge is -2.34. The second-order valence-corrected chi connectivity index (χ2v) is 5.90. The Hall–Kier alpha value is -0.610. The molecule has 2 heterocycles. The Kier molecular flexibility index (Phi) is 8.25. The topological polar surface area (TPSA) is 71.4 Å². The molecule has 0 aromatic carbocycles. The van der Waals surface area contributed by atoms with Gasteiger partial charge in [0.05, 0.1) is 18.6 Å². The molecule has 2 rings (SSSR count). The number of rotatable bonds is 4. The summed E-state index contributed by atoms with van der Waals surface area (Å²) in [6, 6.07) is 0. The van der Waals surface area contributed by atoms with Crippen LogP contribution in [-0.2, 0) is 12.1 Å². The molecule has 0 radical (unpaired) electrons. The average Bonchev–Trinajstić information content (AvgIpc) is 2.78. The van der Waals surface area contributed by atoms with Gasteiger partial charge in [0.1, 0.15) is 0 Å². The molecule has 1 fully saturated rings. The van der Waals surface area contributed by atoms with Gasteiger partial charge in [-0.2, -0.15) is 18.2 Å². The van der Waals surface area contributed by atoms with Gasteiger partial charge in [0.2, 0.25) is 5.89 Å². The zero-order chi connectivity index (χ0) is 15.7. The van der Waals surface area contributed by atoms with Crippen LogP contribution in [0.25, 0.3) is 0 Å². The first-order chi connectivity index (χ1) is 9.63. The van der Waals surface area contributed by atoms with E-state index in [-0.39, 0.29) is 24.8 Å². The van der Waals surface area contributed by atoms with Crippen LogP contribution in [0.15, 0.2) is 4.52 Å². The largest absolute Gasteiger partial charge is 0.401 e. The first kappa shape index (κ1) is 22.4. The summed E-state index contributed by atoms with van der Waals surface area (Å²) in [5.41, 5.74) is 5.19. The van der Waals surface area contributed by atoms with E-state index in [9.17, 15) is 13.2 Å². The lowest BCUT2D eigenvalue weighted by molar-refractivity contribution is -0.149. The second kappa shape index (κ2) is 8.48. The molecule has 0 amide bonds. The molecule has 136 valence electrons. The Labute approximate surface area is 145 Å². The van der Waals surface area contributed by atoms with E-state index in [0.717, 1.165) is 0 Å². The highest BCUT2D eigenvalue weighted by atomic mass is 35.5. The number of alkyl halides is 3. The first-order valence-electron chi connectivity index (χ1n) is 6.77. The number of nitrogens with two attached hydrogens (primary N) is 1. The predicted molar refractivity (Wildman–Crippen MR) is 83.8 cm³/mol. The molecule has 1 saturated heterocycles. The molecule has 1 aliphatic heterocycles. The normalized spacial score (nSPS) is 17.5. The van der Waals surface area contributed by atoms with Gasteiger partial charge in [-0.25, -0.2) is 0 Å². The van der Waals surface area contributed by atoms with Crippen molar-refractivity contribution in [1.29, 1.82) is 0 Å². The molecule has 1 aliphatic rings. The van der Waals surface area contributed by atoms with Gasteiger partial charge in [-0.05, 0) is 13.8 Å². The second-order valence-electron chi connectivity index (χ2n) is 5.90. The van der Waals surface area contributed by atoms with E-state index in [1.807, 2.05) is 4.90 Å². The van der Waals surface area contributed by atoms with Crippen LogP contribution < -0.4 is 5.73 Å². The summed E-state index contributed by atoms with van der Waals surface area (Å²) in [6.07, 6.45) is -4.14. The van der Waals surface area contributed by atoms with Gasteiger partial charge in [-0.15, -0.1) is 24.8 Å². The zero-order valence-corrected chi connectivity index (χ0v) is 14.6. The maximum absolute atomic E-state index is 12.3. The summed E-state index contributed by atoms with van der Waals surface area (Å²) in [6.45, 7) is 4.97. The molecule has 0 atom stereocenters. The molecule has 0 saturated carbocycles. The molecule has 6 nitrogen and oxygen atoms in total. The van der Waals surface area contributed by atoms with Crippen molar-refractivity contribution < 1.29 is 17.7 Å². The molecule has 11 heteroatoms. The van der Waals surface area contributed by atoms with E-state index in [1.54, 1.807) is 13.8 Å². The van der Waals surface area contributed by atoms with E-state index >= 15 is 0 Å². The number of halogens is 5. The fourth-order valence-electron chi connectivity index (χ4n) is 2.13. The average molecular weight is 380 g/mol. The van der Waals surface area contributed by atoms with Gasteiger partial charge < -0.3 is 10.3 Å². The SMILES string of the molecule is CC(C)(N)c1noc(CN2CCN(CC(F)(F)F)CC2)n1.Cl.Cl. The van der Waals surface area contributed by atoms with Crippen LogP contribution in [0.4, 0.5) is 13.2 Å². The summed E-state index contributed by atoms with van der Waals surface area (Å²) in [4.78, 5) is 7.61. The van der Waals surface area contributed by atoms with Crippen molar-refractivity contribution in [2.75, 3.05) is 32.7 Å². The molecule has 0 aliphatic carbocycles. The minimum Gasteiger partial charge on any atom is -0.338 e. The van der Waals surface area contributed by atoms with Crippen molar-refractivity contribution in [3.63, 3.8) is 0 Å². The van der Waals surface area contributed by atoms with Crippen LogP contribution in [0.2, 0.25) is 0 Å². The molecule has 0 unspecified atom stereocenters. The van der Waals surface area contributed by atoms with Gasteiger partial charge in [0.25, 0.3) is 0 Å². The molecule has 23 heavy (non-hydrogen) atoms. The molecule has 1 aromatic heterocycles. The smallest absolute Gasteiger partial charge is 0.338 e. The van der Waals surface area contributed by atoms with Crippen LogP contribution in [0, 0.1) is 0 Å². The number of hydrogen-bond donors (Lipinski definition) is 1. The van der Waals surface area contributed by atoms with Crippen molar-refractivity contribution in [2.24, 2.45) is 5.73 Å². The van der Waals surface area contributed by atoms with E-state index < -0.39 is 18.3 Å². The van der Waals surface area contributed by atoms with Crippen molar-refractivity contribution in [3.05, 3.63) is 11.7 Å². The number of piperazine rings is 1. The van der Waals surface area contributed by atoms with Crippen molar-refractivity contribution >= 4 is 24.8 Å². The van der Waals surface area contributed by atoms with E-state index in [2.05, 4.69) is 10.1 Å². The van der Waals surface area contributed by atoms with E-state index in [0.29, 0.717) is 44.4 Å². The molecule has 0 spiro atoms. The highest BCUT2D eigenvalue weighted by Crippen LogP contribution is 2.18. The number of nitrogens with zero attached hydrogens (tertiary/aromatic N) is 4. The fraction of sp³-hybridized carbons (Fsp3) is 0.833. The minimum atomic E-state index is -4.14. The maximum Gasteiger partial charge on any atom is 0.401 e. The predicted octanol–water partition coefficient (Wildman–Crippen LogP) is 1.79. The van der Waals surface area contributed by atoms with Crippen LogP contribution >= 0.6 is 24.8 Å². The summed E-state index contributed by atoms with van der Waals surface area (Å²) >= 11 is 0. The standard InChI is InChI=1S/C12H20F3N5O.2ClH/c1-11(2,16)10-17-9(21-18-10)7-19-3-5-20(6-4-19)8-12(13,14)15;;/h3-8,16H2,1-2H3;2*1H. The number of aromatic nitrogens is 2. The van der Waals surface area contributed by atoms with Gasteiger partial charge in [0, 0.05) is 26.2 Å². The van der Waals surface area contributed by atoms with Crippen molar-refractivity contribution in [1.82, 2.24) is 19.9 Å². The van der Waals surface area contributed by atoms with Crippen LogP contribution in [-0.4, -0.2) is 58.8 Å². The Balaban J connectivity index is 0.00000242. The van der Waals surface area contributed by atoms with Gasteiger partial charge >= 0.3 is 6.18 Å². The first-order valence-corrected chi connectivity index (χ1v) is 6.77. The van der Waals surface area contributed by atoms with E-state index in [4.69, 9.17) is 10.3 Å². The van der Waals surface area contributed by atoms with Gasteiger partial charge in [-0.1, -0.05) is 5.16 Å². The number of hydrogen-bond acceptors (Lipinski definition) is 6. The lowest BCUT2D eigenvalue weighted by atomic mass is 10.1. The molecule has 0 bridgehead atoms. The Bertz CT molecular complexity index is 470. The van der Waals surface area contributed by atoms with Crippen molar-refractivity contribution in [2.45, 2.75) is 32.1 Å². The Morgan fingerprint density at radius 1 is 1.09 bits per heavy atom. The summed E-state index contributed by atoms with van der Waals surface area (Å²) < 4.78 is 42.0. The van der Waals surface area contributed by atoms with Crippen LogP contribution in [0.5, 0.6) is 0 Å². The Morgan fingerprint density at radius 3 is 2.04 bits per heavy atom. The molecular weight excluding hydrogens is 358 g/mol. The lowest BCUT2D eigenvalue weighted by Crippen LogP contribution is -2.48. The maximum atomic E-state index is 12.3. The Morgan fingerprint density at radius 2 is 1.61 bits per heavy atom. The summed E-state index contributed by atoms with van der Waals surface area (Å²) in [7, 11) is 0. The van der Waals surface area contributed by atoms with Crippen molar-refractivity contribution in [3.8, 4) is 0 Å². The third kappa shape index (κ3) is 7.21. The third-order valence-electron chi connectivity index (χ3n) is 3.27. The third-order valence-corrected chi connectivity index (χ3v) is 3.27. The summed E-state index contributed by atoms with van der Waals surface area (Å²) in [5, 5.41) is 3.82. The van der Waals surface area contributed by atoms with Gasteiger partial charge in [-0.3, -0.25) is 9.80 Å². The molecular formula is C12H22Cl2F3N5O. The summed E-state index contributed by atoms with van der Waals surface area (Å²) in [5.74, 6) is 0.862. The highest BCUT2D eigenvalue weighted by Gasteiger charge is 2.32. The zero-order valence-electron chi connectivity index (χ0n) is 13.0. The van der Waals surface area contributed by atoms with Crippen LogP contribution in [0.3, 0.4) is 0 Å². The molecule has 1 aromatic rings.